The van der Waals surface area contributed by atoms with E-state index in [-0.39, 0.29) is 17.6 Å². The van der Waals surface area contributed by atoms with Crippen molar-refractivity contribution in [3.63, 3.8) is 0 Å². The fraction of sp³-hybridized carbons (Fsp3) is 0.429. The van der Waals surface area contributed by atoms with Crippen LogP contribution >= 0.6 is 7.60 Å². The number of rotatable bonds is 9. The summed E-state index contributed by atoms with van der Waals surface area (Å²) in [5.41, 5.74) is 3.40. The molecule has 30 heavy (non-hydrogen) atoms. The van der Waals surface area contributed by atoms with Gasteiger partial charge < -0.3 is 19.3 Å². The lowest BCUT2D eigenvalue weighted by Crippen LogP contribution is -2.09. The standard InChI is InChI=1S/C21H29O7PS/c1-14(2)19-10-17(6-7-21(19)28-12-27-5)11-20-15(3)8-18(9-16(20)4)30(25,26)13-29(22,23)24/h6-10,14H,11-13H2,1-5H3,(H2,22,23,24). The second kappa shape index (κ2) is 9.62. The van der Waals surface area contributed by atoms with Gasteiger partial charge in [-0.1, -0.05) is 26.0 Å². The highest BCUT2D eigenvalue weighted by molar-refractivity contribution is 7.97. The lowest BCUT2D eigenvalue weighted by molar-refractivity contribution is 0.0502. The number of hydrogen-bond donors (Lipinski definition) is 2. The van der Waals surface area contributed by atoms with Crippen LogP contribution in [0.25, 0.3) is 0 Å². The van der Waals surface area contributed by atoms with Crippen molar-refractivity contribution < 1.29 is 32.2 Å². The van der Waals surface area contributed by atoms with Crippen molar-refractivity contribution >= 4 is 17.4 Å². The molecule has 0 spiro atoms. The van der Waals surface area contributed by atoms with Gasteiger partial charge in [0.25, 0.3) is 0 Å². The summed E-state index contributed by atoms with van der Waals surface area (Å²) in [6, 6.07) is 8.91. The van der Waals surface area contributed by atoms with Crippen LogP contribution in [-0.4, -0.2) is 37.6 Å². The van der Waals surface area contributed by atoms with E-state index in [1.807, 2.05) is 12.1 Å². The Morgan fingerprint density at radius 1 is 1.07 bits per heavy atom. The van der Waals surface area contributed by atoms with E-state index in [1.54, 1.807) is 21.0 Å². The van der Waals surface area contributed by atoms with E-state index in [4.69, 9.17) is 19.3 Å². The Morgan fingerprint density at radius 2 is 1.67 bits per heavy atom. The monoisotopic (exact) mass is 456 g/mol. The van der Waals surface area contributed by atoms with Gasteiger partial charge in [0.1, 0.15) is 5.75 Å². The number of benzene rings is 2. The molecule has 0 aliphatic carbocycles. The molecular weight excluding hydrogens is 427 g/mol. The first-order chi connectivity index (χ1) is 13.8. The molecule has 0 bridgehead atoms. The van der Waals surface area contributed by atoms with Gasteiger partial charge in [-0.3, -0.25) is 4.57 Å². The molecule has 0 saturated carbocycles. The van der Waals surface area contributed by atoms with E-state index < -0.39 is 22.9 Å². The van der Waals surface area contributed by atoms with E-state index in [0.29, 0.717) is 6.42 Å². The first-order valence-electron chi connectivity index (χ1n) is 9.46. The summed E-state index contributed by atoms with van der Waals surface area (Å²) >= 11 is 0. The third-order valence-corrected chi connectivity index (χ3v) is 8.44. The van der Waals surface area contributed by atoms with Crippen LogP contribution in [0.2, 0.25) is 0 Å². The summed E-state index contributed by atoms with van der Waals surface area (Å²) in [5.74, 6) is 1.02. The third-order valence-electron chi connectivity index (χ3n) is 4.78. The molecule has 0 fully saturated rings. The Labute approximate surface area is 178 Å². The summed E-state index contributed by atoms with van der Waals surface area (Å²) in [6.45, 7) is 7.93. The normalized spacial score (nSPS) is 12.4. The van der Waals surface area contributed by atoms with Gasteiger partial charge in [0.05, 0.1) is 4.90 Å². The number of methoxy groups -OCH3 is 1. The summed E-state index contributed by atoms with van der Waals surface area (Å²) in [6.07, 6.45) is 0.598. The summed E-state index contributed by atoms with van der Waals surface area (Å²) in [5, 5.41) is 0. The summed E-state index contributed by atoms with van der Waals surface area (Å²) < 4.78 is 46.5. The van der Waals surface area contributed by atoms with Crippen LogP contribution < -0.4 is 4.74 Å². The molecule has 0 unspecified atom stereocenters. The van der Waals surface area contributed by atoms with Crippen molar-refractivity contribution in [2.75, 3.05) is 19.4 Å². The largest absolute Gasteiger partial charge is 0.467 e. The van der Waals surface area contributed by atoms with Crippen molar-refractivity contribution in [3.8, 4) is 5.75 Å². The summed E-state index contributed by atoms with van der Waals surface area (Å²) in [7, 11) is -7.19. The van der Waals surface area contributed by atoms with Crippen molar-refractivity contribution in [2.24, 2.45) is 0 Å². The van der Waals surface area contributed by atoms with Gasteiger partial charge in [-0.2, -0.15) is 0 Å². The Bertz CT molecular complexity index is 1030. The molecule has 0 aliphatic heterocycles. The van der Waals surface area contributed by atoms with Crippen LogP contribution in [0.15, 0.2) is 35.2 Å². The number of sulfone groups is 1. The van der Waals surface area contributed by atoms with E-state index in [0.717, 1.165) is 33.6 Å². The van der Waals surface area contributed by atoms with E-state index >= 15 is 0 Å². The first kappa shape index (κ1) is 24.6. The van der Waals surface area contributed by atoms with Gasteiger partial charge in [-0.15, -0.1) is 0 Å². The van der Waals surface area contributed by atoms with Gasteiger partial charge in [0, 0.05) is 7.11 Å². The Morgan fingerprint density at radius 3 is 2.17 bits per heavy atom. The lowest BCUT2D eigenvalue weighted by Gasteiger charge is -2.17. The van der Waals surface area contributed by atoms with Crippen molar-refractivity contribution in [2.45, 2.75) is 44.9 Å². The summed E-state index contributed by atoms with van der Waals surface area (Å²) in [4.78, 5) is 18.1. The molecule has 2 N–H and O–H groups in total. The molecule has 2 aromatic rings. The van der Waals surface area contributed by atoms with E-state index in [9.17, 15) is 13.0 Å². The van der Waals surface area contributed by atoms with Crippen LogP contribution in [0.5, 0.6) is 5.75 Å². The topological polar surface area (TPSA) is 110 Å². The molecule has 0 heterocycles. The number of aryl methyl sites for hydroxylation is 2. The second-order valence-corrected chi connectivity index (χ2v) is 11.8. The minimum Gasteiger partial charge on any atom is -0.467 e. The van der Waals surface area contributed by atoms with Gasteiger partial charge in [0.2, 0.25) is 0 Å². The molecule has 0 amide bonds. The van der Waals surface area contributed by atoms with Gasteiger partial charge in [-0.25, -0.2) is 8.42 Å². The Balaban J connectivity index is 2.38. The van der Waals surface area contributed by atoms with Gasteiger partial charge in [0.15, 0.2) is 22.1 Å². The molecule has 7 nitrogen and oxygen atoms in total. The highest BCUT2D eigenvalue weighted by atomic mass is 32.2. The molecule has 2 rings (SSSR count). The molecule has 0 aromatic heterocycles. The van der Waals surface area contributed by atoms with Crippen LogP contribution in [0, 0.1) is 13.8 Å². The van der Waals surface area contributed by atoms with E-state index in [2.05, 4.69) is 19.9 Å². The average Bonchev–Trinajstić information content (AvgIpc) is 2.61. The fourth-order valence-corrected chi connectivity index (χ4v) is 6.41. The average molecular weight is 456 g/mol. The zero-order valence-corrected chi connectivity index (χ0v) is 19.6. The predicted molar refractivity (Wildman–Crippen MR) is 116 cm³/mol. The van der Waals surface area contributed by atoms with Gasteiger partial charge in [-0.05, 0) is 72.2 Å². The maximum Gasteiger partial charge on any atom is 0.340 e. The van der Waals surface area contributed by atoms with Crippen LogP contribution in [0.4, 0.5) is 0 Å². The zero-order chi connectivity index (χ0) is 22.7. The van der Waals surface area contributed by atoms with Crippen molar-refractivity contribution in [1.29, 1.82) is 0 Å². The molecule has 0 aliphatic rings. The highest BCUT2D eigenvalue weighted by Crippen LogP contribution is 2.38. The quantitative estimate of drug-likeness (QED) is 0.435. The minimum absolute atomic E-state index is 0.0734. The van der Waals surface area contributed by atoms with Crippen LogP contribution in [0.3, 0.4) is 0 Å². The molecule has 166 valence electrons. The molecule has 0 radical (unpaired) electrons. The molecule has 9 heteroatoms. The van der Waals surface area contributed by atoms with Crippen molar-refractivity contribution in [3.05, 3.63) is 58.1 Å². The van der Waals surface area contributed by atoms with E-state index in [1.165, 1.54) is 12.1 Å². The molecule has 2 aromatic carbocycles. The Kier molecular flexibility index (Phi) is 7.88. The zero-order valence-electron chi connectivity index (χ0n) is 17.9. The maximum absolute atomic E-state index is 12.3. The van der Waals surface area contributed by atoms with Gasteiger partial charge >= 0.3 is 7.60 Å². The first-order valence-corrected chi connectivity index (χ1v) is 12.9. The maximum atomic E-state index is 12.3. The number of ether oxygens (including phenoxy) is 2. The van der Waals surface area contributed by atoms with Crippen LogP contribution in [-0.2, 0) is 25.6 Å². The fourth-order valence-electron chi connectivity index (χ4n) is 3.33. The number of hydrogen-bond acceptors (Lipinski definition) is 5. The smallest absolute Gasteiger partial charge is 0.340 e. The lowest BCUT2D eigenvalue weighted by atomic mass is 9.93. The molecule has 0 atom stereocenters. The third kappa shape index (κ3) is 6.40. The minimum atomic E-state index is -4.69. The van der Waals surface area contributed by atoms with Crippen LogP contribution in [0.1, 0.15) is 47.6 Å². The highest BCUT2D eigenvalue weighted by Gasteiger charge is 2.27. The Hall–Kier alpha value is -1.70. The second-order valence-electron chi connectivity index (χ2n) is 7.70. The molecule has 0 saturated heterocycles. The SMILES string of the molecule is COCOc1ccc(Cc2c(C)cc(S(=O)(=O)CP(=O)(O)O)cc2C)cc1C(C)C. The van der Waals surface area contributed by atoms with Crippen molar-refractivity contribution in [1.82, 2.24) is 0 Å². The predicted octanol–water partition coefficient (Wildman–Crippen LogP) is 3.91. The molecular formula is C21H29O7PS.